The minimum absolute atomic E-state index is 0.160. The summed E-state index contributed by atoms with van der Waals surface area (Å²) in [6.07, 6.45) is 1.61. The first kappa shape index (κ1) is 23.0. The van der Waals surface area contributed by atoms with Gasteiger partial charge < -0.3 is 24.8 Å². The molecule has 1 amide bonds. The van der Waals surface area contributed by atoms with Crippen molar-refractivity contribution in [3.05, 3.63) is 48.0 Å². The molecule has 0 bridgehead atoms. The summed E-state index contributed by atoms with van der Waals surface area (Å²) in [5.74, 6) is 1.36. The minimum atomic E-state index is -0.289. The van der Waals surface area contributed by atoms with Crippen LogP contribution in [0.3, 0.4) is 0 Å². The first-order valence-electron chi connectivity index (χ1n) is 9.25. The van der Waals surface area contributed by atoms with Crippen molar-refractivity contribution in [2.45, 2.75) is 19.9 Å². The molecule has 8 nitrogen and oxygen atoms in total. The third-order valence-corrected chi connectivity index (χ3v) is 3.93. The summed E-state index contributed by atoms with van der Waals surface area (Å²) in [7, 11) is 3.11. The fourth-order valence-electron chi connectivity index (χ4n) is 2.36. The highest BCUT2D eigenvalue weighted by atomic mass is 32.1. The van der Waals surface area contributed by atoms with Gasteiger partial charge in [0, 0.05) is 11.7 Å². The van der Waals surface area contributed by atoms with Crippen LogP contribution >= 0.6 is 12.2 Å². The quantitative estimate of drug-likeness (QED) is 0.320. The SMILES string of the molecule is COc1ccc(NC(=O)COc2ccc(/C=N/NC(=S)NC(C)C)cc2OC)cc1. The van der Waals surface area contributed by atoms with E-state index in [0.717, 1.165) is 5.56 Å². The van der Waals surface area contributed by atoms with Crippen LogP contribution in [0.25, 0.3) is 0 Å². The summed E-state index contributed by atoms with van der Waals surface area (Å²) >= 11 is 5.11. The molecule has 0 spiro atoms. The van der Waals surface area contributed by atoms with E-state index in [1.54, 1.807) is 55.8 Å². The zero-order chi connectivity index (χ0) is 21.9. The molecule has 0 unspecified atom stereocenters. The number of anilines is 1. The van der Waals surface area contributed by atoms with Crippen molar-refractivity contribution in [2.75, 3.05) is 26.1 Å². The first-order chi connectivity index (χ1) is 14.4. The molecule has 0 saturated carbocycles. The molecule has 0 saturated heterocycles. The summed E-state index contributed by atoms with van der Waals surface area (Å²) in [6, 6.07) is 12.5. The van der Waals surface area contributed by atoms with E-state index < -0.39 is 0 Å². The van der Waals surface area contributed by atoms with Crippen LogP contribution in [0.15, 0.2) is 47.6 Å². The highest BCUT2D eigenvalue weighted by Gasteiger charge is 2.09. The molecule has 0 radical (unpaired) electrons. The Morgan fingerprint density at radius 2 is 1.83 bits per heavy atom. The molecule has 0 heterocycles. The van der Waals surface area contributed by atoms with E-state index in [2.05, 4.69) is 21.2 Å². The Morgan fingerprint density at radius 1 is 1.10 bits per heavy atom. The Kier molecular flexibility index (Phi) is 8.89. The molecular weight excluding hydrogens is 404 g/mol. The Hall–Kier alpha value is -3.33. The van der Waals surface area contributed by atoms with Crippen LogP contribution < -0.4 is 30.3 Å². The van der Waals surface area contributed by atoms with Gasteiger partial charge in [-0.15, -0.1) is 0 Å². The molecule has 0 aromatic heterocycles. The number of amides is 1. The van der Waals surface area contributed by atoms with Gasteiger partial charge in [-0.05, 0) is 74.1 Å². The summed E-state index contributed by atoms with van der Waals surface area (Å²) < 4.78 is 16.0. The fourth-order valence-corrected chi connectivity index (χ4v) is 2.65. The standard InChI is InChI=1S/C21H26N4O4S/c1-14(2)23-21(30)25-22-12-15-5-10-18(19(11-15)28-4)29-13-20(26)24-16-6-8-17(27-3)9-7-16/h5-12,14H,13H2,1-4H3,(H,24,26)(H2,23,25,30)/b22-12+. The van der Waals surface area contributed by atoms with E-state index in [1.807, 2.05) is 13.8 Å². The van der Waals surface area contributed by atoms with Gasteiger partial charge >= 0.3 is 0 Å². The van der Waals surface area contributed by atoms with Crippen molar-refractivity contribution in [1.82, 2.24) is 10.7 Å². The van der Waals surface area contributed by atoms with Gasteiger partial charge in [0.05, 0.1) is 20.4 Å². The molecule has 9 heteroatoms. The van der Waals surface area contributed by atoms with Gasteiger partial charge in [-0.3, -0.25) is 10.2 Å². The largest absolute Gasteiger partial charge is 0.497 e. The molecule has 0 aliphatic rings. The van der Waals surface area contributed by atoms with Gasteiger partial charge in [-0.2, -0.15) is 5.10 Å². The molecule has 3 N–H and O–H groups in total. The van der Waals surface area contributed by atoms with Crippen LogP contribution in [0, 0.1) is 0 Å². The number of rotatable bonds is 9. The van der Waals surface area contributed by atoms with Crippen LogP contribution in [0.4, 0.5) is 5.69 Å². The summed E-state index contributed by atoms with van der Waals surface area (Å²) in [5, 5.41) is 10.3. The number of benzene rings is 2. The molecule has 0 aliphatic heterocycles. The average Bonchev–Trinajstić information content (AvgIpc) is 2.72. The number of hydrogen-bond donors (Lipinski definition) is 3. The predicted octanol–water partition coefficient (Wildman–Crippen LogP) is 2.93. The van der Waals surface area contributed by atoms with Gasteiger partial charge in [0.15, 0.2) is 23.2 Å². The Balaban J connectivity index is 1.90. The van der Waals surface area contributed by atoms with Crippen molar-refractivity contribution in [3.8, 4) is 17.2 Å². The molecular formula is C21H26N4O4S. The van der Waals surface area contributed by atoms with Crippen LogP contribution in [0.2, 0.25) is 0 Å². The molecule has 0 aliphatic carbocycles. The molecule has 2 rings (SSSR count). The lowest BCUT2D eigenvalue weighted by atomic mass is 10.2. The Bertz CT molecular complexity index is 885. The highest BCUT2D eigenvalue weighted by Crippen LogP contribution is 2.27. The molecule has 160 valence electrons. The van der Waals surface area contributed by atoms with Crippen LogP contribution in [0.1, 0.15) is 19.4 Å². The molecule has 2 aromatic rings. The van der Waals surface area contributed by atoms with Gasteiger partial charge in [0.25, 0.3) is 5.91 Å². The summed E-state index contributed by atoms with van der Waals surface area (Å²) in [6.45, 7) is 3.81. The van der Waals surface area contributed by atoms with E-state index in [0.29, 0.717) is 28.0 Å². The number of hydrazone groups is 1. The summed E-state index contributed by atoms with van der Waals surface area (Å²) in [5.41, 5.74) is 4.17. The molecule has 0 fully saturated rings. The van der Waals surface area contributed by atoms with Crippen LogP contribution in [-0.4, -0.2) is 44.1 Å². The number of ether oxygens (including phenoxy) is 3. The van der Waals surface area contributed by atoms with Crippen molar-refractivity contribution < 1.29 is 19.0 Å². The van der Waals surface area contributed by atoms with Crippen molar-refractivity contribution in [1.29, 1.82) is 0 Å². The third kappa shape index (κ3) is 7.59. The number of nitrogens with zero attached hydrogens (tertiary/aromatic N) is 1. The number of carbonyl (C=O) groups is 1. The van der Waals surface area contributed by atoms with E-state index in [4.69, 9.17) is 26.4 Å². The smallest absolute Gasteiger partial charge is 0.262 e. The molecule has 30 heavy (non-hydrogen) atoms. The monoisotopic (exact) mass is 430 g/mol. The number of carbonyl (C=O) groups excluding carboxylic acids is 1. The predicted molar refractivity (Wildman–Crippen MR) is 122 cm³/mol. The molecule has 0 atom stereocenters. The molecule has 2 aromatic carbocycles. The maximum Gasteiger partial charge on any atom is 0.262 e. The second-order valence-corrected chi connectivity index (χ2v) is 6.88. The number of thiocarbonyl (C=S) groups is 1. The zero-order valence-corrected chi connectivity index (χ0v) is 18.2. The zero-order valence-electron chi connectivity index (χ0n) is 17.4. The number of methoxy groups -OCH3 is 2. The fraction of sp³-hybridized carbons (Fsp3) is 0.286. The topological polar surface area (TPSA) is 93.2 Å². The Morgan fingerprint density at radius 3 is 2.47 bits per heavy atom. The van der Waals surface area contributed by atoms with Gasteiger partial charge in [-0.1, -0.05) is 0 Å². The normalized spacial score (nSPS) is 10.6. The Labute approximate surface area is 181 Å². The minimum Gasteiger partial charge on any atom is -0.497 e. The lowest BCUT2D eigenvalue weighted by Gasteiger charge is -2.12. The van der Waals surface area contributed by atoms with E-state index in [1.165, 1.54) is 7.11 Å². The number of hydrogen-bond acceptors (Lipinski definition) is 6. The van der Waals surface area contributed by atoms with E-state index >= 15 is 0 Å². The second-order valence-electron chi connectivity index (χ2n) is 6.47. The van der Waals surface area contributed by atoms with Gasteiger partial charge in [-0.25, -0.2) is 0 Å². The lowest BCUT2D eigenvalue weighted by Crippen LogP contribution is -2.36. The van der Waals surface area contributed by atoms with Gasteiger partial charge in [0.1, 0.15) is 5.75 Å². The van der Waals surface area contributed by atoms with E-state index in [-0.39, 0.29) is 18.6 Å². The maximum absolute atomic E-state index is 12.1. The van der Waals surface area contributed by atoms with Crippen molar-refractivity contribution >= 4 is 35.1 Å². The van der Waals surface area contributed by atoms with Crippen molar-refractivity contribution in [3.63, 3.8) is 0 Å². The van der Waals surface area contributed by atoms with Crippen molar-refractivity contribution in [2.24, 2.45) is 5.10 Å². The van der Waals surface area contributed by atoms with Crippen LogP contribution in [0.5, 0.6) is 17.2 Å². The van der Waals surface area contributed by atoms with Gasteiger partial charge in [0.2, 0.25) is 0 Å². The van der Waals surface area contributed by atoms with E-state index in [9.17, 15) is 4.79 Å². The maximum atomic E-state index is 12.1. The second kappa shape index (κ2) is 11.6. The first-order valence-corrected chi connectivity index (χ1v) is 9.66. The summed E-state index contributed by atoms with van der Waals surface area (Å²) in [4.78, 5) is 12.1. The lowest BCUT2D eigenvalue weighted by molar-refractivity contribution is -0.118. The highest BCUT2D eigenvalue weighted by molar-refractivity contribution is 7.80. The third-order valence-electron chi connectivity index (χ3n) is 3.72. The van der Waals surface area contributed by atoms with Crippen LogP contribution in [-0.2, 0) is 4.79 Å². The average molecular weight is 431 g/mol. The number of nitrogens with one attached hydrogen (secondary N) is 3.